The SMILES string of the molecule is CCOC(=O)COc1ccc(/C=c2\sc3n(c2=O)[C@@H](c2ccc(F)cc2)C(C(=O)OCC)=C(c2ccccc2)N=3)cc1Br. The van der Waals surface area contributed by atoms with E-state index in [0.29, 0.717) is 41.9 Å². The molecule has 1 aliphatic heterocycles. The number of ether oxygens (including phenoxy) is 3. The van der Waals surface area contributed by atoms with Gasteiger partial charge in [0.25, 0.3) is 5.56 Å². The van der Waals surface area contributed by atoms with Crippen LogP contribution in [0.5, 0.6) is 5.75 Å². The minimum atomic E-state index is -0.904. The Morgan fingerprint density at radius 2 is 1.74 bits per heavy atom. The van der Waals surface area contributed by atoms with E-state index in [4.69, 9.17) is 19.2 Å². The Bertz CT molecular complexity index is 1880. The van der Waals surface area contributed by atoms with E-state index in [0.717, 1.165) is 0 Å². The zero-order valence-electron chi connectivity index (χ0n) is 23.2. The van der Waals surface area contributed by atoms with Crippen LogP contribution in [0.4, 0.5) is 4.39 Å². The molecule has 0 radical (unpaired) electrons. The van der Waals surface area contributed by atoms with Gasteiger partial charge in [-0.05, 0) is 71.2 Å². The molecule has 1 aliphatic rings. The number of aromatic nitrogens is 1. The number of hydrogen-bond acceptors (Lipinski definition) is 8. The van der Waals surface area contributed by atoms with Crippen LogP contribution >= 0.6 is 27.3 Å². The number of carbonyl (C=O) groups is 2. The predicted octanol–water partition coefficient (Wildman–Crippen LogP) is 4.78. The molecule has 1 atom stereocenters. The van der Waals surface area contributed by atoms with E-state index in [1.54, 1.807) is 50.3 Å². The molecule has 0 unspecified atom stereocenters. The lowest BCUT2D eigenvalue weighted by molar-refractivity contribution is -0.145. The number of fused-ring (bicyclic) bond motifs is 1. The van der Waals surface area contributed by atoms with E-state index < -0.39 is 23.8 Å². The molecule has 0 spiro atoms. The molecule has 2 heterocycles. The summed E-state index contributed by atoms with van der Waals surface area (Å²) in [6, 6.07) is 19.2. The summed E-state index contributed by atoms with van der Waals surface area (Å²) in [7, 11) is 0. The Morgan fingerprint density at radius 1 is 1.02 bits per heavy atom. The van der Waals surface area contributed by atoms with Crippen LogP contribution in [0, 0.1) is 5.82 Å². The van der Waals surface area contributed by atoms with Gasteiger partial charge < -0.3 is 14.2 Å². The standard InChI is InChI=1S/C32H26BrFN2O6S/c1-3-40-26(37)18-42-24-15-10-19(16-23(24)33)17-25-30(38)36-29(21-11-13-22(34)14-12-21)27(31(39)41-4-2)28(35-32(36)43-25)20-8-6-5-7-9-20/h5-17,29H,3-4,18H2,1-2H3/b25-17-/t29-/m0/s1. The third-order valence-electron chi connectivity index (χ3n) is 6.46. The van der Waals surface area contributed by atoms with Gasteiger partial charge >= 0.3 is 11.9 Å². The van der Waals surface area contributed by atoms with Gasteiger partial charge in [-0.3, -0.25) is 9.36 Å². The zero-order valence-corrected chi connectivity index (χ0v) is 25.6. The number of thiazole rings is 1. The Morgan fingerprint density at radius 3 is 2.42 bits per heavy atom. The summed E-state index contributed by atoms with van der Waals surface area (Å²) in [4.78, 5) is 44.3. The molecule has 4 aromatic rings. The zero-order chi connectivity index (χ0) is 30.5. The second-order valence-electron chi connectivity index (χ2n) is 9.27. The third-order valence-corrected chi connectivity index (χ3v) is 8.07. The molecule has 0 amide bonds. The smallest absolute Gasteiger partial charge is 0.344 e. The van der Waals surface area contributed by atoms with Crippen molar-refractivity contribution in [2.24, 2.45) is 4.99 Å². The topological polar surface area (TPSA) is 96.2 Å². The lowest BCUT2D eigenvalue weighted by Gasteiger charge is -2.25. The van der Waals surface area contributed by atoms with Gasteiger partial charge in [0.1, 0.15) is 11.6 Å². The maximum absolute atomic E-state index is 14.0. The molecule has 1 aromatic heterocycles. The van der Waals surface area contributed by atoms with Gasteiger partial charge in [0.2, 0.25) is 0 Å². The first-order chi connectivity index (χ1) is 20.8. The van der Waals surface area contributed by atoms with Crippen molar-refractivity contribution in [2.45, 2.75) is 19.9 Å². The molecule has 0 fully saturated rings. The summed E-state index contributed by atoms with van der Waals surface area (Å²) in [6.45, 7) is 3.57. The molecule has 0 bridgehead atoms. The van der Waals surface area contributed by atoms with Crippen LogP contribution in [0.3, 0.4) is 0 Å². The molecule has 220 valence electrons. The minimum Gasteiger partial charge on any atom is -0.481 e. The first-order valence-electron chi connectivity index (χ1n) is 13.4. The average molecular weight is 666 g/mol. The second kappa shape index (κ2) is 13.3. The lowest BCUT2D eigenvalue weighted by Crippen LogP contribution is -2.40. The van der Waals surface area contributed by atoms with Crippen LogP contribution in [0.25, 0.3) is 11.8 Å². The van der Waals surface area contributed by atoms with Gasteiger partial charge in [-0.1, -0.05) is 59.9 Å². The molecule has 0 saturated heterocycles. The molecule has 11 heteroatoms. The van der Waals surface area contributed by atoms with Crippen LogP contribution in [0.15, 0.2) is 92.6 Å². The molecular weight excluding hydrogens is 639 g/mol. The highest BCUT2D eigenvalue weighted by molar-refractivity contribution is 9.10. The van der Waals surface area contributed by atoms with Crippen LogP contribution in [0.2, 0.25) is 0 Å². The maximum atomic E-state index is 14.0. The highest BCUT2D eigenvalue weighted by Gasteiger charge is 2.35. The Kier molecular flexibility index (Phi) is 9.32. The summed E-state index contributed by atoms with van der Waals surface area (Å²) in [5.74, 6) is -1.10. The van der Waals surface area contributed by atoms with E-state index in [2.05, 4.69) is 15.9 Å². The molecule has 0 saturated carbocycles. The number of benzene rings is 3. The number of halogens is 2. The molecule has 3 aromatic carbocycles. The van der Waals surface area contributed by atoms with Crippen molar-refractivity contribution in [2.75, 3.05) is 19.8 Å². The van der Waals surface area contributed by atoms with Gasteiger partial charge in [-0.15, -0.1) is 0 Å². The van der Waals surface area contributed by atoms with E-state index in [1.165, 1.54) is 28.0 Å². The summed E-state index contributed by atoms with van der Waals surface area (Å²) < 4.78 is 32.2. The molecule has 0 N–H and O–H groups in total. The van der Waals surface area contributed by atoms with E-state index in [1.807, 2.05) is 30.3 Å². The minimum absolute atomic E-state index is 0.124. The highest BCUT2D eigenvalue weighted by atomic mass is 79.9. The fourth-order valence-corrected chi connectivity index (χ4v) is 6.13. The highest BCUT2D eigenvalue weighted by Crippen LogP contribution is 2.35. The molecule has 8 nitrogen and oxygen atoms in total. The summed E-state index contributed by atoms with van der Waals surface area (Å²) in [5, 5.41) is 0. The van der Waals surface area contributed by atoms with Crippen molar-refractivity contribution in [3.8, 4) is 5.75 Å². The van der Waals surface area contributed by atoms with E-state index in [-0.39, 0.29) is 31.0 Å². The quantitative estimate of drug-likeness (QED) is 0.239. The molecule has 43 heavy (non-hydrogen) atoms. The van der Waals surface area contributed by atoms with E-state index >= 15 is 0 Å². The summed E-state index contributed by atoms with van der Waals surface area (Å²) in [5.41, 5.74) is 2.10. The van der Waals surface area contributed by atoms with Crippen molar-refractivity contribution < 1.29 is 28.2 Å². The van der Waals surface area contributed by atoms with Crippen LogP contribution < -0.4 is 19.6 Å². The van der Waals surface area contributed by atoms with Gasteiger partial charge in [0, 0.05) is 5.56 Å². The van der Waals surface area contributed by atoms with Gasteiger partial charge in [0.05, 0.1) is 39.5 Å². The Hall–Kier alpha value is -4.35. The number of nitrogens with zero attached hydrogens (tertiary/aromatic N) is 2. The van der Waals surface area contributed by atoms with Crippen molar-refractivity contribution in [3.63, 3.8) is 0 Å². The third kappa shape index (κ3) is 6.52. The van der Waals surface area contributed by atoms with Crippen molar-refractivity contribution in [3.05, 3.63) is 125 Å². The van der Waals surface area contributed by atoms with Crippen molar-refractivity contribution in [1.29, 1.82) is 0 Å². The lowest BCUT2D eigenvalue weighted by atomic mass is 9.93. The molecule has 5 rings (SSSR count). The van der Waals surface area contributed by atoms with Crippen LogP contribution in [-0.2, 0) is 19.1 Å². The van der Waals surface area contributed by atoms with Gasteiger partial charge in [0.15, 0.2) is 11.4 Å². The Balaban J connectivity index is 1.65. The maximum Gasteiger partial charge on any atom is 0.344 e. The predicted molar refractivity (Wildman–Crippen MR) is 164 cm³/mol. The molecule has 0 aliphatic carbocycles. The molecular formula is C32H26BrFN2O6S. The summed E-state index contributed by atoms with van der Waals surface area (Å²) >= 11 is 4.63. The number of rotatable bonds is 9. The number of carbonyl (C=O) groups excluding carboxylic acids is 2. The largest absolute Gasteiger partial charge is 0.481 e. The Labute approximate surface area is 258 Å². The monoisotopic (exact) mass is 664 g/mol. The van der Waals surface area contributed by atoms with Crippen LogP contribution in [0.1, 0.15) is 36.6 Å². The summed E-state index contributed by atoms with van der Waals surface area (Å²) in [6.07, 6.45) is 1.71. The first kappa shape index (κ1) is 30.1. The van der Waals surface area contributed by atoms with Gasteiger partial charge in [-0.25, -0.2) is 19.0 Å². The van der Waals surface area contributed by atoms with E-state index in [9.17, 15) is 18.8 Å². The fraction of sp³-hybridized carbons (Fsp3) is 0.188. The van der Waals surface area contributed by atoms with Crippen molar-refractivity contribution in [1.82, 2.24) is 4.57 Å². The number of hydrogen-bond donors (Lipinski definition) is 0. The van der Waals surface area contributed by atoms with Crippen LogP contribution in [-0.4, -0.2) is 36.3 Å². The first-order valence-corrected chi connectivity index (χ1v) is 15.0. The average Bonchev–Trinajstić information content (AvgIpc) is 3.31. The number of esters is 2. The van der Waals surface area contributed by atoms with Gasteiger partial charge in [-0.2, -0.15) is 0 Å². The second-order valence-corrected chi connectivity index (χ2v) is 11.1. The van der Waals surface area contributed by atoms with Crippen molar-refractivity contribution >= 4 is 51.0 Å². The normalized spacial score (nSPS) is 14.6. The fourth-order valence-electron chi connectivity index (χ4n) is 4.62.